The summed E-state index contributed by atoms with van der Waals surface area (Å²) in [6, 6.07) is 15.2. The van der Waals surface area contributed by atoms with Crippen molar-refractivity contribution in [1.29, 1.82) is 0 Å². The molecule has 2 aliphatic heterocycles. The highest BCUT2D eigenvalue weighted by atomic mass is 32.2. The number of aliphatic imine (C=N–C) groups is 1. The summed E-state index contributed by atoms with van der Waals surface area (Å²) in [4.78, 5) is 23.9. The van der Waals surface area contributed by atoms with E-state index in [0.717, 1.165) is 16.9 Å². The van der Waals surface area contributed by atoms with Crippen LogP contribution in [0.1, 0.15) is 18.4 Å². The summed E-state index contributed by atoms with van der Waals surface area (Å²) in [5.41, 5.74) is 3.11. The zero-order valence-electron chi connectivity index (χ0n) is 18.0. The minimum atomic E-state index is -0.621. The van der Waals surface area contributed by atoms with Crippen molar-refractivity contribution < 1.29 is 14.1 Å². The molecule has 3 aromatic rings. The highest BCUT2D eigenvalue weighted by Gasteiger charge is 2.37. The molecule has 1 aromatic heterocycles. The second-order valence-electron chi connectivity index (χ2n) is 7.34. The molecule has 0 spiro atoms. The van der Waals surface area contributed by atoms with Crippen molar-refractivity contribution in [3.8, 4) is 17.1 Å². The summed E-state index contributed by atoms with van der Waals surface area (Å²) in [6.45, 7) is 4.50. The SMILES string of the molecule is CCOc1ccc(N2C(=O)C3=CN=NC3N=C2SCc2nc(-c3cccc(C)c3)no2)cc1. The Morgan fingerprint density at radius 2 is 2.03 bits per heavy atom. The van der Waals surface area contributed by atoms with Crippen LogP contribution in [0, 0.1) is 6.92 Å². The lowest BCUT2D eigenvalue weighted by atomic mass is 10.1. The van der Waals surface area contributed by atoms with E-state index in [1.165, 1.54) is 18.0 Å². The van der Waals surface area contributed by atoms with Crippen molar-refractivity contribution in [3.63, 3.8) is 0 Å². The Hall–Kier alpha value is -3.79. The van der Waals surface area contributed by atoms with Crippen LogP contribution in [0.3, 0.4) is 0 Å². The molecule has 2 aromatic carbocycles. The first kappa shape index (κ1) is 21.1. The van der Waals surface area contributed by atoms with Crippen LogP contribution >= 0.6 is 11.8 Å². The average Bonchev–Trinajstić information content (AvgIpc) is 3.49. The number of aromatic nitrogens is 2. The van der Waals surface area contributed by atoms with Crippen LogP contribution in [-0.4, -0.2) is 34.0 Å². The fourth-order valence-electron chi connectivity index (χ4n) is 3.46. The summed E-state index contributed by atoms with van der Waals surface area (Å²) >= 11 is 1.33. The number of anilines is 1. The first-order valence-corrected chi connectivity index (χ1v) is 11.4. The maximum Gasteiger partial charge on any atom is 0.266 e. The molecule has 166 valence electrons. The molecule has 0 N–H and O–H groups in total. The number of hydrogen-bond acceptors (Lipinski definition) is 9. The lowest BCUT2D eigenvalue weighted by molar-refractivity contribution is -0.114. The van der Waals surface area contributed by atoms with Crippen LogP contribution in [0.4, 0.5) is 5.69 Å². The van der Waals surface area contributed by atoms with E-state index in [1.807, 2.05) is 62.4 Å². The molecule has 9 nitrogen and oxygen atoms in total. The third-order valence-electron chi connectivity index (χ3n) is 5.00. The van der Waals surface area contributed by atoms with E-state index in [1.54, 1.807) is 4.90 Å². The van der Waals surface area contributed by atoms with Crippen LogP contribution in [0.5, 0.6) is 5.75 Å². The number of carbonyl (C=O) groups is 1. The highest BCUT2D eigenvalue weighted by molar-refractivity contribution is 8.13. The minimum absolute atomic E-state index is 0.211. The van der Waals surface area contributed by atoms with Crippen LogP contribution in [0.25, 0.3) is 11.4 Å². The van der Waals surface area contributed by atoms with Gasteiger partial charge in [0.05, 0.1) is 29.8 Å². The molecule has 1 atom stereocenters. The van der Waals surface area contributed by atoms with Gasteiger partial charge in [-0.25, -0.2) is 4.99 Å². The van der Waals surface area contributed by atoms with Gasteiger partial charge in [-0.05, 0) is 44.2 Å². The van der Waals surface area contributed by atoms with Crippen molar-refractivity contribution in [2.45, 2.75) is 25.8 Å². The Kier molecular flexibility index (Phi) is 5.74. The number of azo groups is 1. The number of ether oxygens (including phenoxy) is 1. The number of amides is 1. The number of carbonyl (C=O) groups excluding carboxylic acids is 1. The second kappa shape index (κ2) is 8.99. The predicted molar refractivity (Wildman–Crippen MR) is 125 cm³/mol. The van der Waals surface area contributed by atoms with Gasteiger partial charge in [0.15, 0.2) is 11.3 Å². The normalized spacial score (nSPS) is 17.1. The van der Waals surface area contributed by atoms with E-state index in [9.17, 15) is 4.79 Å². The number of thioether (sulfide) groups is 1. The zero-order chi connectivity index (χ0) is 22.8. The van der Waals surface area contributed by atoms with Gasteiger partial charge >= 0.3 is 0 Å². The number of fused-ring (bicyclic) bond motifs is 1. The fourth-order valence-corrected chi connectivity index (χ4v) is 4.32. The second-order valence-corrected chi connectivity index (χ2v) is 8.28. The molecule has 0 radical (unpaired) electrons. The molecule has 3 heterocycles. The Bertz CT molecular complexity index is 1280. The molecule has 0 saturated carbocycles. The monoisotopic (exact) mass is 460 g/mol. The molecule has 33 heavy (non-hydrogen) atoms. The predicted octanol–water partition coefficient (Wildman–Crippen LogP) is 4.76. The summed E-state index contributed by atoms with van der Waals surface area (Å²) in [6.07, 6.45) is 0.843. The van der Waals surface area contributed by atoms with E-state index >= 15 is 0 Å². The van der Waals surface area contributed by atoms with Crippen molar-refractivity contribution in [2.24, 2.45) is 15.2 Å². The highest BCUT2D eigenvalue weighted by Crippen LogP contribution is 2.33. The van der Waals surface area contributed by atoms with Gasteiger partial charge in [-0.3, -0.25) is 9.69 Å². The van der Waals surface area contributed by atoms with E-state index in [-0.39, 0.29) is 5.91 Å². The minimum Gasteiger partial charge on any atom is -0.494 e. The Morgan fingerprint density at radius 3 is 2.82 bits per heavy atom. The van der Waals surface area contributed by atoms with Crippen molar-refractivity contribution in [1.82, 2.24) is 10.1 Å². The molecule has 0 aliphatic carbocycles. The van der Waals surface area contributed by atoms with Crippen molar-refractivity contribution in [2.75, 3.05) is 11.5 Å². The molecule has 0 saturated heterocycles. The molecule has 5 rings (SSSR count). The van der Waals surface area contributed by atoms with Crippen LogP contribution < -0.4 is 9.64 Å². The summed E-state index contributed by atoms with van der Waals surface area (Å²) in [7, 11) is 0. The first-order valence-electron chi connectivity index (χ1n) is 10.4. The van der Waals surface area contributed by atoms with Gasteiger partial charge in [-0.2, -0.15) is 15.2 Å². The van der Waals surface area contributed by atoms with Gasteiger partial charge in [0.25, 0.3) is 5.91 Å². The number of rotatable bonds is 6. The van der Waals surface area contributed by atoms with E-state index in [2.05, 4.69) is 25.4 Å². The number of benzene rings is 2. The molecule has 1 amide bonds. The van der Waals surface area contributed by atoms with E-state index < -0.39 is 6.17 Å². The maximum atomic E-state index is 13.2. The fraction of sp³-hybridized carbons (Fsp3) is 0.217. The standard InChI is InChI=1S/C23H20N6O3S/c1-3-31-17-9-7-16(8-10-17)29-22(30)18-12-24-27-21(18)26-23(29)33-13-19-25-20(28-32-19)15-6-4-5-14(2)11-15/h4-12,21H,3,13H2,1-2H3. The lowest BCUT2D eigenvalue weighted by Crippen LogP contribution is -2.42. The van der Waals surface area contributed by atoms with Crippen molar-refractivity contribution >= 4 is 28.5 Å². The summed E-state index contributed by atoms with van der Waals surface area (Å²) in [5, 5.41) is 12.5. The number of amidine groups is 1. The molecule has 0 bridgehead atoms. The topological polar surface area (TPSA) is 106 Å². The Morgan fingerprint density at radius 1 is 1.18 bits per heavy atom. The smallest absolute Gasteiger partial charge is 0.266 e. The third kappa shape index (κ3) is 4.29. The maximum absolute atomic E-state index is 13.2. The molecule has 10 heteroatoms. The van der Waals surface area contributed by atoms with Gasteiger partial charge in [-0.15, -0.1) is 0 Å². The molecule has 2 aliphatic rings. The number of aryl methyl sites for hydroxylation is 1. The van der Waals surface area contributed by atoms with Gasteiger partial charge in [-0.1, -0.05) is 40.7 Å². The van der Waals surface area contributed by atoms with E-state index in [4.69, 9.17) is 9.26 Å². The van der Waals surface area contributed by atoms with Gasteiger partial charge in [0.2, 0.25) is 11.7 Å². The summed E-state index contributed by atoms with van der Waals surface area (Å²) < 4.78 is 11.0. The first-order chi connectivity index (χ1) is 16.1. The number of nitrogens with zero attached hydrogens (tertiary/aromatic N) is 6. The largest absolute Gasteiger partial charge is 0.494 e. The quantitative estimate of drug-likeness (QED) is 0.525. The third-order valence-corrected chi connectivity index (χ3v) is 5.94. The summed E-state index contributed by atoms with van der Waals surface area (Å²) in [5.74, 6) is 1.83. The van der Waals surface area contributed by atoms with Gasteiger partial charge < -0.3 is 9.26 Å². The zero-order valence-corrected chi connectivity index (χ0v) is 18.8. The van der Waals surface area contributed by atoms with Gasteiger partial charge in [0.1, 0.15) is 5.75 Å². The van der Waals surface area contributed by atoms with Crippen LogP contribution in [0.15, 0.2) is 80.0 Å². The molecule has 1 unspecified atom stereocenters. The Balaban J connectivity index is 1.38. The number of hydrogen-bond donors (Lipinski definition) is 0. The molecule has 0 fully saturated rings. The van der Waals surface area contributed by atoms with Crippen LogP contribution in [0.2, 0.25) is 0 Å². The average molecular weight is 461 g/mol. The van der Waals surface area contributed by atoms with Crippen molar-refractivity contribution in [3.05, 3.63) is 71.8 Å². The van der Waals surface area contributed by atoms with E-state index in [0.29, 0.717) is 40.5 Å². The Labute approximate surface area is 194 Å². The lowest BCUT2D eigenvalue weighted by Gasteiger charge is -2.29. The van der Waals surface area contributed by atoms with Gasteiger partial charge in [0, 0.05) is 5.56 Å². The molecular formula is C23H20N6O3S. The van der Waals surface area contributed by atoms with Crippen LogP contribution in [-0.2, 0) is 10.5 Å². The molecular weight excluding hydrogens is 440 g/mol.